The highest BCUT2D eigenvalue weighted by Crippen LogP contribution is 2.36. The number of ether oxygens (including phenoxy) is 1. The Hall–Kier alpha value is -2.19. The third kappa shape index (κ3) is 3.96. The fourth-order valence-electron chi connectivity index (χ4n) is 3.94. The number of nitrogens with two attached hydrogens (primary N) is 1. The van der Waals surface area contributed by atoms with Gasteiger partial charge >= 0.3 is 6.01 Å². The number of hydrogen-bond acceptors (Lipinski definition) is 6. The fraction of sp³-hybridized carbons (Fsp3) is 0.476. The Morgan fingerprint density at radius 2 is 2.03 bits per heavy atom. The van der Waals surface area contributed by atoms with Crippen LogP contribution < -0.4 is 15.8 Å². The summed E-state index contributed by atoms with van der Waals surface area (Å²) >= 11 is 3.67. The molecule has 3 aromatic rings. The molecule has 7 nitrogen and oxygen atoms in total. The van der Waals surface area contributed by atoms with Crippen LogP contribution in [0.5, 0.6) is 6.01 Å². The number of rotatable bonds is 5. The molecule has 4 rings (SSSR count). The highest BCUT2D eigenvalue weighted by Gasteiger charge is 2.26. The Balaban J connectivity index is 1.78. The van der Waals surface area contributed by atoms with E-state index in [0.29, 0.717) is 12.0 Å². The quantitative estimate of drug-likeness (QED) is 0.602. The molecule has 0 radical (unpaired) electrons. The summed E-state index contributed by atoms with van der Waals surface area (Å²) in [6.07, 6.45) is 2.14. The minimum Gasteiger partial charge on any atom is -0.459 e. The summed E-state index contributed by atoms with van der Waals surface area (Å²) in [5.41, 5.74) is 10.2. The molecule has 1 aromatic carbocycles. The van der Waals surface area contributed by atoms with Gasteiger partial charge in [-0.25, -0.2) is 0 Å². The number of nitrogens with one attached hydrogen (secondary N) is 1. The van der Waals surface area contributed by atoms with Crippen LogP contribution in [0.15, 0.2) is 28.7 Å². The number of fused-ring (bicyclic) bond motifs is 1. The van der Waals surface area contributed by atoms with Crippen molar-refractivity contribution in [1.29, 1.82) is 0 Å². The Morgan fingerprint density at radius 1 is 1.24 bits per heavy atom. The van der Waals surface area contributed by atoms with Crippen molar-refractivity contribution in [2.45, 2.75) is 51.6 Å². The van der Waals surface area contributed by atoms with Crippen molar-refractivity contribution in [3.05, 3.63) is 45.6 Å². The largest absolute Gasteiger partial charge is 0.459 e. The van der Waals surface area contributed by atoms with Crippen molar-refractivity contribution in [2.75, 3.05) is 18.8 Å². The number of benzene rings is 1. The minimum absolute atomic E-state index is 0.0645. The lowest BCUT2D eigenvalue weighted by Crippen LogP contribution is -2.37. The van der Waals surface area contributed by atoms with Gasteiger partial charge in [-0.2, -0.15) is 19.6 Å². The van der Waals surface area contributed by atoms with E-state index in [-0.39, 0.29) is 17.9 Å². The molecule has 0 saturated carbocycles. The summed E-state index contributed by atoms with van der Waals surface area (Å²) < 4.78 is 8.74. The van der Waals surface area contributed by atoms with Crippen LogP contribution >= 0.6 is 15.9 Å². The van der Waals surface area contributed by atoms with Crippen LogP contribution in [-0.2, 0) is 0 Å². The van der Waals surface area contributed by atoms with E-state index in [1.807, 2.05) is 12.1 Å². The van der Waals surface area contributed by atoms with Gasteiger partial charge < -0.3 is 15.8 Å². The summed E-state index contributed by atoms with van der Waals surface area (Å²) in [7, 11) is 0. The summed E-state index contributed by atoms with van der Waals surface area (Å²) in [6, 6.07) is 8.54. The van der Waals surface area contributed by atoms with Crippen LogP contribution in [-0.4, -0.2) is 38.8 Å². The summed E-state index contributed by atoms with van der Waals surface area (Å²) in [5.74, 6) is 0.600. The van der Waals surface area contributed by atoms with Crippen molar-refractivity contribution >= 4 is 27.5 Å². The van der Waals surface area contributed by atoms with Crippen LogP contribution in [0.4, 0.5) is 5.95 Å². The summed E-state index contributed by atoms with van der Waals surface area (Å²) in [5, 5.41) is 8.16. The van der Waals surface area contributed by atoms with Gasteiger partial charge in [-0.1, -0.05) is 54.9 Å². The number of hydrogen-bond donors (Lipinski definition) is 2. The first-order chi connectivity index (χ1) is 14.0. The molecule has 0 spiro atoms. The Kier molecular flexibility index (Phi) is 5.74. The molecule has 1 fully saturated rings. The molecule has 1 aliphatic heterocycles. The molecule has 3 heterocycles. The predicted molar refractivity (Wildman–Crippen MR) is 117 cm³/mol. The highest BCUT2D eigenvalue weighted by molar-refractivity contribution is 9.10. The first-order valence-corrected chi connectivity index (χ1v) is 10.9. The van der Waals surface area contributed by atoms with E-state index in [4.69, 9.17) is 20.6 Å². The second-order valence-electron chi connectivity index (χ2n) is 7.88. The smallest absolute Gasteiger partial charge is 0.322 e. The number of piperidine rings is 1. The molecule has 0 aliphatic carbocycles. The van der Waals surface area contributed by atoms with Crippen molar-refractivity contribution < 1.29 is 4.74 Å². The van der Waals surface area contributed by atoms with Gasteiger partial charge in [0, 0.05) is 22.5 Å². The number of aromatic nitrogens is 4. The monoisotopic (exact) mass is 458 g/mol. The molecule has 2 atom stereocenters. The number of nitrogens with zero attached hydrogens (tertiary/aromatic N) is 4. The van der Waals surface area contributed by atoms with Crippen LogP contribution in [0.25, 0.3) is 5.65 Å². The third-order valence-corrected chi connectivity index (χ3v) is 6.16. The molecular weight excluding hydrogens is 432 g/mol. The van der Waals surface area contributed by atoms with Crippen molar-refractivity contribution in [1.82, 2.24) is 24.9 Å². The van der Waals surface area contributed by atoms with Gasteiger partial charge in [-0.15, -0.1) is 0 Å². The molecule has 2 aromatic heterocycles. The van der Waals surface area contributed by atoms with E-state index >= 15 is 0 Å². The predicted octanol–water partition coefficient (Wildman–Crippen LogP) is 3.88. The molecule has 0 amide bonds. The van der Waals surface area contributed by atoms with Gasteiger partial charge in [-0.05, 0) is 36.9 Å². The lowest BCUT2D eigenvalue weighted by molar-refractivity contribution is 0.153. The van der Waals surface area contributed by atoms with E-state index in [0.717, 1.165) is 47.3 Å². The zero-order valence-electron chi connectivity index (χ0n) is 17.0. The van der Waals surface area contributed by atoms with Crippen LogP contribution in [0.1, 0.15) is 62.3 Å². The van der Waals surface area contributed by atoms with Crippen LogP contribution in [0.2, 0.25) is 0 Å². The van der Waals surface area contributed by atoms with E-state index < -0.39 is 0 Å². The normalized spacial score (nSPS) is 18.3. The maximum atomic E-state index is 6.26. The maximum Gasteiger partial charge on any atom is 0.322 e. The molecule has 3 N–H and O–H groups in total. The first kappa shape index (κ1) is 20.1. The summed E-state index contributed by atoms with van der Waals surface area (Å²) in [6.45, 7) is 8.28. The van der Waals surface area contributed by atoms with Gasteiger partial charge in [0.15, 0.2) is 5.65 Å². The van der Waals surface area contributed by atoms with Gasteiger partial charge in [0.25, 0.3) is 0 Å². The molecular formula is C21H27BrN6O. The first-order valence-electron chi connectivity index (χ1n) is 10.1. The second kappa shape index (κ2) is 8.28. The number of nitrogen functional groups attached to an aromatic ring is 1. The zero-order chi connectivity index (χ0) is 20.5. The van der Waals surface area contributed by atoms with Crippen LogP contribution in [0.3, 0.4) is 0 Å². The third-order valence-electron chi connectivity index (χ3n) is 5.44. The second-order valence-corrected chi connectivity index (χ2v) is 8.74. The van der Waals surface area contributed by atoms with Crippen LogP contribution in [0, 0.1) is 0 Å². The van der Waals surface area contributed by atoms with Gasteiger partial charge in [-0.3, -0.25) is 0 Å². The average Bonchev–Trinajstić information content (AvgIpc) is 3.09. The lowest BCUT2D eigenvalue weighted by atomic mass is 9.91. The minimum atomic E-state index is 0.0645. The molecule has 154 valence electrons. The number of anilines is 1. The zero-order valence-corrected chi connectivity index (χ0v) is 18.6. The lowest BCUT2D eigenvalue weighted by Gasteiger charge is -2.22. The molecule has 0 bridgehead atoms. The molecule has 0 unspecified atom stereocenters. The fourth-order valence-corrected chi connectivity index (χ4v) is 4.56. The molecule has 29 heavy (non-hydrogen) atoms. The Morgan fingerprint density at radius 3 is 2.72 bits per heavy atom. The standard InChI is InChI=1S/C21H27BrN6O/c1-12(2)17-18(13(3)15-8-4-5-9-16(15)22)27-28-19(17)25-21(26-20(28)23)29-14-7-6-10-24-11-14/h4-5,8-9,12-14,24H,6-7,10-11H2,1-3H3,(H2,23,25,26)/t13-,14+/m0/s1. The summed E-state index contributed by atoms with van der Waals surface area (Å²) in [4.78, 5) is 9.08. The SMILES string of the molecule is CC(C)c1c([C@@H](C)c2ccccc2Br)nn2c(N)nc(O[C@@H]3CCCNC3)nc12. The van der Waals surface area contributed by atoms with Gasteiger partial charge in [0.1, 0.15) is 6.10 Å². The highest BCUT2D eigenvalue weighted by atomic mass is 79.9. The van der Waals surface area contributed by atoms with Crippen molar-refractivity contribution in [3.8, 4) is 6.01 Å². The van der Waals surface area contributed by atoms with E-state index in [9.17, 15) is 0 Å². The van der Waals surface area contributed by atoms with Crippen molar-refractivity contribution in [2.24, 2.45) is 0 Å². The van der Waals surface area contributed by atoms with Crippen molar-refractivity contribution in [3.63, 3.8) is 0 Å². The average molecular weight is 459 g/mol. The molecule has 1 aliphatic rings. The van der Waals surface area contributed by atoms with E-state index in [1.165, 1.54) is 5.56 Å². The maximum absolute atomic E-state index is 6.26. The Labute approximate surface area is 179 Å². The Bertz CT molecular complexity index is 1010. The van der Waals surface area contributed by atoms with E-state index in [2.05, 4.69) is 59.1 Å². The van der Waals surface area contributed by atoms with E-state index in [1.54, 1.807) is 4.52 Å². The molecule has 8 heteroatoms. The topological polar surface area (TPSA) is 90.4 Å². The molecule has 1 saturated heterocycles. The van der Waals surface area contributed by atoms with Gasteiger partial charge in [0.2, 0.25) is 5.95 Å². The van der Waals surface area contributed by atoms with Gasteiger partial charge in [0.05, 0.1) is 5.69 Å². The number of halogens is 1.